The first kappa shape index (κ1) is 18.2. The van der Waals surface area contributed by atoms with Crippen LogP contribution >= 0.6 is 12.4 Å². The van der Waals surface area contributed by atoms with Gasteiger partial charge in [-0.1, -0.05) is 0 Å². The standard InChI is InChI=1S/C13H19N3O3.ClH/c1-8(17)15-10-6-5-9(7-11(10)19-4)16-12(18)13(2,3)14;/h5-7H,14H2,1-4H3,(H,15,17)(H,16,18);1H. The Kier molecular flexibility index (Phi) is 6.48. The maximum absolute atomic E-state index is 11.7. The van der Waals surface area contributed by atoms with Gasteiger partial charge in [-0.25, -0.2) is 0 Å². The lowest BCUT2D eigenvalue weighted by Crippen LogP contribution is -2.45. The number of hydrogen-bond donors (Lipinski definition) is 3. The molecule has 6 nitrogen and oxygen atoms in total. The van der Waals surface area contributed by atoms with Crippen molar-refractivity contribution >= 4 is 35.6 Å². The van der Waals surface area contributed by atoms with Crippen LogP contribution in [0.2, 0.25) is 0 Å². The minimum atomic E-state index is -0.969. The molecule has 112 valence electrons. The fourth-order valence-corrected chi connectivity index (χ4v) is 1.35. The van der Waals surface area contributed by atoms with Crippen molar-refractivity contribution in [2.75, 3.05) is 17.7 Å². The number of anilines is 2. The van der Waals surface area contributed by atoms with E-state index in [4.69, 9.17) is 10.5 Å². The number of benzene rings is 1. The number of methoxy groups -OCH3 is 1. The molecule has 0 aromatic heterocycles. The van der Waals surface area contributed by atoms with Crippen molar-refractivity contribution in [1.29, 1.82) is 0 Å². The minimum absolute atomic E-state index is 0. The molecule has 0 bridgehead atoms. The van der Waals surface area contributed by atoms with Crippen LogP contribution in [0.4, 0.5) is 11.4 Å². The Bertz CT molecular complexity index is 498. The Morgan fingerprint density at radius 2 is 1.85 bits per heavy atom. The Morgan fingerprint density at radius 1 is 1.25 bits per heavy atom. The van der Waals surface area contributed by atoms with E-state index in [2.05, 4.69) is 10.6 Å². The molecule has 0 atom stereocenters. The van der Waals surface area contributed by atoms with E-state index in [1.807, 2.05) is 0 Å². The van der Waals surface area contributed by atoms with E-state index in [9.17, 15) is 9.59 Å². The molecule has 0 saturated heterocycles. The molecule has 1 aromatic carbocycles. The van der Waals surface area contributed by atoms with Gasteiger partial charge in [0.2, 0.25) is 11.8 Å². The second kappa shape index (κ2) is 7.12. The number of amides is 2. The van der Waals surface area contributed by atoms with E-state index in [0.29, 0.717) is 17.1 Å². The average molecular weight is 302 g/mol. The van der Waals surface area contributed by atoms with Crippen molar-refractivity contribution < 1.29 is 14.3 Å². The summed E-state index contributed by atoms with van der Waals surface area (Å²) < 4.78 is 5.16. The van der Waals surface area contributed by atoms with Gasteiger partial charge in [0.25, 0.3) is 0 Å². The summed E-state index contributed by atoms with van der Waals surface area (Å²) in [5.41, 5.74) is 5.82. The van der Waals surface area contributed by atoms with Gasteiger partial charge in [-0.05, 0) is 26.0 Å². The average Bonchev–Trinajstić information content (AvgIpc) is 2.29. The van der Waals surface area contributed by atoms with Gasteiger partial charge in [0.1, 0.15) is 5.75 Å². The highest BCUT2D eigenvalue weighted by Gasteiger charge is 2.22. The van der Waals surface area contributed by atoms with Gasteiger partial charge in [-0.2, -0.15) is 0 Å². The van der Waals surface area contributed by atoms with Gasteiger partial charge in [0, 0.05) is 18.7 Å². The normalized spacial score (nSPS) is 10.2. The summed E-state index contributed by atoms with van der Waals surface area (Å²) in [6.07, 6.45) is 0. The monoisotopic (exact) mass is 301 g/mol. The summed E-state index contributed by atoms with van der Waals surface area (Å²) in [6.45, 7) is 4.64. The third kappa shape index (κ3) is 5.07. The first-order valence-corrected chi connectivity index (χ1v) is 5.80. The van der Waals surface area contributed by atoms with Gasteiger partial charge < -0.3 is 21.1 Å². The van der Waals surface area contributed by atoms with Crippen molar-refractivity contribution in [2.24, 2.45) is 5.73 Å². The van der Waals surface area contributed by atoms with Crippen LogP contribution in [-0.4, -0.2) is 24.5 Å². The van der Waals surface area contributed by atoms with Crippen LogP contribution in [0.25, 0.3) is 0 Å². The molecular formula is C13H20ClN3O3. The van der Waals surface area contributed by atoms with Gasteiger partial charge in [0.15, 0.2) is 0 Å². The Balaban J connectivity index is 0.00000361. The summed E-state index contributed by atoms with van der Waals surface area (Å²) in [5.74, 6) is -0.0390. The third-order valence-electron chi connectivity index (χ3n) is 2.36. The van der Waals surface area contributed by atoms with E-state index in [-0.39, 0.29) is 24.2 Å². The number of carbonyl (C=O) groups excluding carboxylic acids is 2. The second-order valence-electron chi connectivity index (χ2n) is 4.77. The fourth-order valence-electron chi connectivity index (χ4n) is 1.35. The first-order chi connectivity index (χ1) is 8.74. The molecule has 2 amide bonds. The number of nitrogens with one attached hydrogen (secondary N) is 2. The van der Waals surface area contributed by atoms with Crippen molar-refractivity contribution in [3.05, 3.63) is 18.2 Å². The van der Waals surface area contributed by atoms with Gasteiger partial charge in [-0.15, -0.1) is 12.4 Å². The number of ether oxygens (including phenoxy) is 1. The number of carbonyl (C=O) groups is 2. The zero-order chi connectivity index (χ0) is 14.6. The molecule has 1 rings (SSSR count). The fraction of sp³-hybridized carbons (Fsp3) is 0.385. The molecule has 4 N–H and O–H groups in total. The number of rotatable bonds is 4. The third-order valence-corrected chi connectivity index (χ3v) is 2.36. The van der Waals surface area contributed by atoms with Crippen molar-refractivity contribution in [1.82, 2.24) is 0 Å². The van der Waals surface area contributed by atoms with E-state index in [1.54, 1.807) is 32.0 Å². The summed E-state index contributed by atoms with van der Waals surface area (Å²) >= 11 is 0. The van der Waals surface area contributed by atoms with Crippen molar-refractivity contribution in [3.63, 3.8) is 0 Å². The predicted octanol–water partition coefficient (Wildman–Crippen LogP) is 1.75. The van der Waals surface area contributed by atoms with Gasteiger partial charge in [-0.3, -0.25) is 9.59 Å². The maximum Gasteiger partial charge on any atom is 0.243 e. The summed E-state index contributed by atoms with van der Waals surface area (Å²) in [6, 6.07) is 4.94. The molecule has 0 saturated carbocycles. The van der Waals surface area contributed by atoms with Crippen LogP contribution in [0.5, 0.6) is 5.75 Å². The van der Waals surface area contributed by atoms with E-state index < -0.39 is 5.54 Å². The highest BCUT2D eigenvalue weighted by molar-refractivity contribution is 5.98. The quantitative estimate of drug-likeness (QED) is 0.790. The molecular weight excluding hydrogens is 282 g/mol. The minimum Gasteiger partial charge on any atom is -0.494 e. The summed E-state index contributed by atoms with van der Waals surface area (Å²) in [7, 11) is 1.49. The largest absolute Gasteiger partial charge is 0.494 e. The molecule has 0 aliphatic rings. The van der Waals surface area contributed by atoms with Crippen LogP contribution in [0.15, 0.2) is 18.2 Å². The smallest absolute Gasteiger partial charge is 0.243 e. The highest BCUT2D eigenvalue weighted by atomic mass is 35.5. The zero-order valence-corrected chi connectivity index (χ0v) is 12.8. The second-order valence-corrected chi connectivity index (χ2v) is 4.77. The number of hydrogen-bond acceptors (Lipinski definition) is 4. The topological polar surface area (TPSA) is 93.4 Å². The van der Waals surface area contributed by atoms with E-state index >= 15 is 0 Å². The summed E-state index contributed by atoms with van der Waals surface area (Å²) in [4.78, 5) is 22.8. The molecule has 0 aliphatic carbocycles. The zero-order valence-electron chi connectivity index (χ0n) is 11.9. The van der Waals surface area contributed by atoms with Crippen LogP contribution in [0.1, 0.15) is 20.8 Å². The molecule has 1 aromatic rings. The molecule has 0 fully saturated rings. The lowest BCUT2D eigenvalue weighted by Gasteiger charge is -2.18. The van der Waals surface area contributed by atoms with Crippen molar-refractivity contribution in [2.45, 2.75) is 26.3 Å². The van der Waals surface area contributed by atoms with Crippen LogP contribution in [0, 0.1) is 0 Å². The van der Waals surface area contributed by atoms with Crippen LogP contribution in [-0.2, 0) is 9.59 Å². The SMILES string of the molecule is COc1cc(NC(=O)C(C)(C)N)ccc1NC(C)=O.Cl. The Labute approximate surface area is 124 Å². The molecule has 0 spiro atoms. The van der Waals surface area contributed by atoms with Crippen molar-refractivity contribution in [3.8, 4) is 5.75 Å². The first-order valence-electron chi connectivity index (χ1n) is 5.80. The Hall–Kier alpha value is -1.79. The molecule has 0 aliphatic heterocycles. The number of nitrogens with two attached hydrogens (primary N) is 1. The molecule has 0 heterocycles. The van der Waals surface area contributed by atoms with E-state index in [1.165, 1.54) is 14.0 Å². The lowest BCUT2D eigenvalue weighted by atomic mass is 10.1. The van der Waals surface area contributed by atoms with Gasteiger partial charge in [0.05, 0.1) is 18.3 Å². The maximum atomic E-state index is 11.7. The van der Waals surface area contributed by atoms with Crippen LogP contribution < -0.4 is 21.1 Å². The number of halogens is 1. The highest BCUT2D eigenvalue weighted by Crippen LogP contribution is 2.28. The lowest BCUT2D eigenvalue weighted by molar-refractivity contribution is -0.120. The van der Waals surface area contributed by atoms with Crippen LogP contribution in [0.3, 0.4) is 0 Å². The van der Waals surface area contributed by atoms with E-state index in [0.717, 1.165) is 0 Å². The predicted molar refractivity (Wildman–Crippen MR) is 81.4 cm³/mol. The summed E-state index contributed by atoms with van der Waals surface area (Å²) in [5, 5.41) is 5.31. The molecule has 0 unspecified atom stereocenters. The molecule has 7 heteroatoms. The molecule has 0 radical (unpaired) electrons. The Morgan fingerprint density at radius 3 is 2.30 bits per heavy atom. The molecule has 20 heavy (non-hydrogen) atoms. The van der Waals surface area contributed by atoms with Gasteiger partial charge >= 0.3 is 0 Å².